The second-order valence-electron chi connectivity index (χ2n) is 6.04. The van der Waals surface area contributed by atoms with Gasteiger partial charge in [-0.05, 0) is 25.5 Å². The molecule has 8 heteroatoms. The number of anilines is 1. The minimum atomic E-state index is -0.773. The summed E-state index contributed by atoms with van der Waals surface area (Å²) < 4.78 is 4.86. The molecule has 0 aliphatic carbocycles. The van der Waals surface area contributed by atoms with E-state index in [-0.39, 0.29) is 18.3 Å². The molecule has 0 aliphatic rings. The molecular weight excluding hydrogens is 348 g/mol. The van der Waals surface area contributed by atoms with Crippen molar-refractivity contribution in [3.05, 3.63) is 53.8 Å². The number of rotatable bonds is 7. The van der Waals surface area contributed by atoms with Crippen LogP contribution >= 0.6 is 0 Å². The zero-order valence-electron chi connectivity index (χ0n) is 15.4. The Kier molecular flexibility index (Phi) is 6.87. The molecule has 1 aromatic carbocycles. The smallest absolute Gasteiger partial charge is 0.245 e. The third-order valence-corrected chi connectivity index (χ3v) is 3.61. The zero-order chi connectivity index (χ0) is 19.8. The van der Waals surface area contributed by atoms with Gasteiger partial charge in [0.1, 0.15) is 11.8 Å². The minimum absolute atomic E-state index is 0.176. The molecule has 2 N–H and O–H groups in total. The van der Waals surface area contributed by atoms with Crippen LogP contribution in [0.2, 0.25) is 0 Å². The van der Waals surface area contributed by atoms with Gasteiger partial charge in [-0.2, -0.15) is 0 Å². The van der Waals surface area contributed by atoms with Gasteiger partial charge in [-0.15, -0.1) is 0 Å². The molecule has 1 heterocycles. The number of benzene rings is 1. The first-order valence-electron chi connectivity index (χ1n) is 8.37. The summed E-state index contributed by atoms with van der Waals surface area (Å²) in [5, 5.41) is 8.76. The summed E-state index contributed by atoms with van der Waals surface area (Å²) >= 11 is 0. The molecule has 8 nitrogen and oxygen atoms in total. The highest BCUT2D eigenvalue weighted by atomic mass is 16.5. The molecule has 0 bridgehead atoms. The Balaban J connectivity index is 1.81. The number of nitrogens with one attached hydrogen (secondary N) is 2. The van der Waals surface area contributed by atoms with Crippen LogP contribution in [0.1, 0.15) is 18.2 Å². The van der Waals surface area contributed by atoms with Gasteiger partial charge in [0.15, 0.2) is 5.82 Å². The second kappa shape index (κ2) is 9.33. The topological polar surface area (TPSA) is 105 Å². The number of hydrogen-bond donors (Lipinski definition) is 2. The Morgan fingerprint density at radius 2 is 1.96 bits per heavy atom. The maximum absolute atomic E-state index is 12.3. The first-order chi connectivity index (χ1) is 12.8. The van der Waals surface area contributed by atoms with Crippen molar-refractivity contribution in [3.8, 4) is 0 Å². The molecule has 1 unspecified atom stereocenters. The van der Waals surface area contributed by atoms with Gasteiger partial charge < -0.3 is 20.1 Å². The Labute approximate surface area is 157 Å². The largest absolute Gasteiger partial charge is 0.360 e. The molecule has 0 spiro atoms. The Bertz CT molecular complexity index is 829. The first kappa shape index (κ1) is 19.9. The van der Waals surface area contributed by atoms with Crippen LogP contribution in [-0.2, 0) is 14.4 Å². The molecule has 0 saturated carbocycles. The predicted octanol–water partition coefficient (Wildman–Crippen LogP) is 1.60. The summed E-state index contributed by atoms with van der Waals surface area (Å²) in [6.07, 6.45) is 3.02. The van der Waals surface area contributed by atoms with Crippen molar-refractivity contribution in [2.24, 2.45) is 0 Å². The van der Waals surface area contributed by atoms with Gasteiger partial charge >= 0.3 is 0 Å². The summed E-state index contributed by atoms with van der Waals surface area (Å²) in [6.45, 7) is 3.09. The van der Waals surface area contributed by atoms with E-state index in [4.69, 9.17) is 4.52 Å². The minimum Gasteiger partial charge on any atom is -0.360 e. The fourth-order valence-corrected chi connectivity index (χ4v) is 2.29. The quantitative estimate of drug-likeness (QED) is 0.721. The molecular formula is C19H22N4O4. The van der Waals surface area contributed by atoms with E-state index in [0.29, 0.717) is 5.76 Å². The number of aromatic nitrogens is 1. The lowest BCUT2D eigenvalue weighted by atomic mass is 10.2. The average Bonchev–Trinajstić information content (AvgIpc) is 3.04. The van der Waals surface area contributed by atoms with Gasteiger partial charge in [0.05, 0.1) is 6.54 Å². The zero-order valence-corrected chi connectivity index (χ0v) is 15.4. The lowest BCUT2D eigenvalue weighted by Crippen LogP contribution is -2.47. The summed E-state index contributed by atoms with van der Waals surface area (Å²) in [5.41, 5.74) is 0.878. The van der Waals surface area contributed by atoms with E-state index in [9.17, 15) is 14.4 Å². The van der Waals surface area contributed by atoms with Crippen molar-refractivity contribution in [1.29, 1.82) is 0 Å². The van der Waals surface area contributed by atoms with E-state index >= 15 is 0 Å². The fraction of sp³-hybridized carbons (Fsp3) is 0.263. The molecule has 0 saturated heterocycles. The molecule has 0 aliphatic heterocycles. The van der Waals surface area contributed by atoms with Crippen LogP contribution < -0.4 is 10.6 Å². The summed E-state index contributed by atoms with van der Waals surface area (Å²) in [4.78, 5) is 37.5. The second-order valence-corrected chi connectivity index (χ2v) is 6.04. The summed E-state index contributed by atoms with van der Waals surface area (Å²) in [5.74, 6) is -0.347. The molecule has 2 rings (SSSR count). The fourth-order valence-electron chi connectivity index (χ4n) is 2.29. The van der Waals surface area contributed by atoms with Crippen molar-refractivity contribution in [1.82, 2.24) is 15.4 Å². The average molecular weight is 370 g/mol. The first-order valence-corrected chi connectivity index (χ1v) is 8.37. The number of nitrogens with zero attached hydrogens (tertiary/aromatic N) is 2. The molecule has 3 amide bonds. The number of carbonyl (C=O) groups excluding carboxylic acids is 3. The summed E-state index contributed by atoms with van der Waals surface area (Å²) in [7, 11) is 1.48. The highest BCUT2D eigenvalue weighted by molar-refractivity contribution is 5.97. The third-order valence-electron chi connectivity index (χ3n) is 3.61. The third kappa shape index (κ3) is 6.43. The standard InChI is InChI=1S/C19H22N4O4/c1-13-11-16(22-27-13)21-18(25)12-23(3)19(26)14(2)20-17(24)10-9-15-7-5-4-6-8-15/h4-11,14H,12H2,1-3H3,(H,20,24)(H,21,22,25)/b10-9+. The lowest BCUT2D eigenvalue weighted by Gasteiger charge is -2.21. The molecule has 0 fully saturated rings. The van der Waals surface area contributed by atoms with Gasteiger partial charge in [-0.1, -0.05) is 35.5 Å². The van der Waals surface area contributed by atoms with Crippen LogP contribution in [0.3, 0.4) is 0 Å². The predicted molar refractivity (Wildman–Crippen MR) is 101 cm³/mol. The van der Waals surface area contributed by atoms with Gasteiger partial charge in [0, 0.05) is 19.2 Å². The van der Waals surface area contributed by atoms with Crippen molar-refractivity contribution in [3.63, 3.8) is 0 Å². The van der Waals surface area contributed by atoms with E-state index in [1.54, 1.807) is 26.0 Å². The van der Waals surface area contributed by atoms with Crippen molar-refractivity contribution < 1.29 is 18.9 Å². The normalized spacial score (nSPS) is 11.8. The molecule has 1 atom stereocenters. The Morgan fingerprint density at radius 3 is 2.59 bits per heavy atom. The van der Waals surface area contributed by atoms with Crippen LogP contribution in [0.25, 0.3) is 6.08 Å². The van der Waals surface area contributed by atoms with E-state index < -0.39 is 17.9 Å². The van der Waals surface area contributed by atoms with Crippen LogP contribution in [0.15, 0.2) is 47.0 Å². The monoisotopic (exact) mass is 370 g/mol. The number of likely N-dealkylation sites (N-methyl/N-ethyl adjacent to an activating group) is 1. The lowest BCUT2D eigenvalue weighted by molar-refractivity contribution is -0.136. The number of amides is 3. The highest BCUT2D eigenvalue weighted by Crippen LogP contribution is 2.07. The maximum Gasteiger partial charge on any atom is 0.245 e. The molecule has 27 heavy (non-hydrogen) atoms. The van der Waals surface area contributed by atoms with E-state index in [2.05, 4.69) is 15.8 Å². The number of carbonyl (C=O) groups is 3. The van der Waals surface area contributed by atoms with E-state index in [0.717, 1.165) is 5.56 Å². The van der Waals surface area contributed by atoms with Crippen LogP contribution in [-0.4, -0.2) is 47.4 Å². The molecule has 2 aromatic rings. The van der Waals surface area contributed by atoms with Gasteiger partial charge in [0.25, 0.3) is 0 Å². The van der Waals surface area contributed by atoms with Crippen LogP contribution in [0.5, 0.6) is 0 Å². The van der Waals surface area contributed by atoms with Gasteiger partial charge in [-0.3, -0.25) is 14.4 Å². The van der Waals surface area contributed by atoms with Gasteiger partial charge in [-0.25, -0.2) is 0 Å². The molecule has 0 radical (unpaired) electrons. The van der Waals surface area contributed by atoms with Crippen molar-refractivity contribution >= 4 is 29.6 Å². The van der Waals surface area contributed by atoms with Gasteiger partial charge in [0.2, 0.25) is 17.7 Å². The summed E-state index contributed by atoms with van der Waals surface area (Å²) in [6, 6.07) is 10.1. The molecule has 142 valence electrons. The van der Waals surface area contributed by atoms with E-state index in [1.807, 2.05) is 30.3 Å². The van der Waals surface area contributed by atoms with E-state index in [1.165, 1.54) is 18.0 Å². The highest BCUT2D eigenvalue weighted by Gasteiger charge is 2.20. The van der Waals surface area contributed by atoms with Crippen molar-refractivity contribution in [2.75, 3.05) is 18.9 Å². The van der Waals surface area contributed by atoms with Crippen molar-refractivity contribution in [2.45, 2.75) is 19.9 Å². The SMILES string of the molecule is Cc1cc(NC(=O)CN(C)C(=O)C(C)NC(=O)/C=C/c2ccccc2)no1. The maximum atomic E-state index is 12.3. The Hall–Kier alpha value is -3.42. The number of aryl methyl sites for hydroxylation is 1. The van der Waals surface area contributed by atoms with Crippen LogP contribution in [0, 0.1) is 6.92 Å². The number of hydrogen-bond acceptors (Lipinski definition) is 5. The molecule has 1 aromatic heterocycles. The van der Waals surface area contributed by atoms with Crippen LogP contribution in [0.4, 0.5) is 5.82 Å². The Morgan fingerprint density at radius 1 is 1.26 bits per heavy atom.